The predicted molar refractivity (Wildman–Crippen MR) is 88.5 cm³/mol. The third-order valence-corrected chi connectivity index (χ3v) is 3.71. The molecule has 0 aliphatic carbocycles. The predicted octanol–water partition coefficient (Wildman–Crippen LogP) is 2.09. The van der Waals surface area contributed by atoms with Crippen LogP contribution in [0.25, 0.3) is 11.0 Å². The molecular weight excluding hydrogens is 306 g/mol. The van der Waals surface area contributed by atoms with E-state index in [9.17, 15) is 9.59 Å². The van der Waals surface area contributed by atoms with Crippen LogP contribution in [0.3, 0.4) is 0 Å². The molecule has 7 nitrogen and oxygen atoms in total. The number of primary amides is 1. The lowest BCUT2D eigenvalue weighted by Crippen LogP contribution is -2.18. The van der Waals surface area contributed by atoms with Gasteiger partial charge in [0.15, 0.2) is 0 Å². The van der Waals surface area contributed by atoms with Crippen LogP contribution in [0.5, 0.6) is 0 Å². The van der Waals surface area contributed by atoms with E-state index in [0.717, 1.165) is 0 Å². The first-order valence-electron chi connectivity index (χ1n) is 7.11. The molecule has 118 valence electrons. The molecule has 2 amide bonds. The zero-order valence-electron chi connectivity index (χ0n) is 12.8. The number of imidazole rings is 1. The maximum atomic E-state index is 12.5. The number of hydrogen-bond acceptors (Lipinski definition) is 4. The molecule has 0 bridgehead atoms. The van der Waals surface area contributed by atoms with E-state index in [1.54, 1.807) is 43.3 Å². The second-order valence-electron chi connectivity index (χ2n) is 5.20. The van der Waals surface area contributed by atoms with Gasteiger partial charge >= 0.3 is 0 Å². The minimum atomic E-state index is -0.593. The first-order valence-corrected chi connectivity index (χ1v) is 7.11. The molecule has 1 aromatic heterocycles. The van der Waals surface area contributed by atoms with Crippen molar-refractivity contribution < 1.29 is 9.59 Å². The van der Waals surface area contributed by atoms with Gasteiger partial charge < -0.3 is 10.7 Å². The number of aromatic amines is 1. The van der Waals surface area contributed by atoms with E-state index < -0.39 is 11.8 Å². The van der Waals surface area contributed by atoms with Gasteiger partial charge in [0.1, 0.15) is 11.6 Å². The lowest BCUT2D eigenvalue weighted by molar-refractivity contribution is 0.0999. The van der Waals surface area contributed by atoms with Crippen LogP contribution in [0, 0.1) is 18.3 Å². The fourth-order valence-electron chi connectivity index (χ4n) is 2.51. The average Bonchev–Trinajstić information content (AvgIpc) is 2.96. The molecule has 1 heterocycles. The molecule has 0 atom stereocenters. The Morgan fingerprint density at radius 3 is 2.62 bits per heavy atom. The second-order valence-corrected chi connectivity index (χ2v) is 5.20. The minimum absolute atomic E-state index is 0.224. The fraction of sp³-hybridized carbons (Fsp3) is 0.0588. The summed E-state index contributed by atoms with van der Waals surface area (Å²) >= 11 is 0. The van der Waals surface area contributed by atoms with Crippen LogP contribution in [0.4, 0.5) is 5.95 Å². The van der Waals surface area contributed by atoms with Gasteiger partial charge in [-0.2, -0.15) is 5.26 Å². The van der Waals surface area contributed by atoms with Crippen molar-refractivity contribution in [3.63, 3.8) is 0 Å². The van der Waals surface area contributed by atoms with Gasteiger partial charge in [0.05, 0.1) is 11.1 Å². The Morgan fingerprint density at radius 2 is 1.92 bits per heavy atom. The summed E-state index contributed by atoms with van der Waals surface area (Å²) < 4.78 is 0. The first kappa shape index (κ1) is 15.2. The van der Waals surface area contributed by atoms with E-state index in [0.29, 0.717) is 33.3 Å². The number of rotatable bonds is 3. The second kappa shape index (κ2) is 5.85. The summed E-state index contributed by atoms with van der Waals surface area (Å²) in [6.07, 6.45) is 0. The first-order chi connectivity index (χ1) is 11.5. The standard InChI is InChI=1S/C17H13N5O2/c1-9-11(15(19)23)5-3-6-12(9)16(24)22-17-20-13-7-2-4-10(8-18)14(13)21-17/h2-7H,1H3,(H2,19,23)(H2,20,21,22,24). The van der Waals surface area contributed by atoms with Gasteiger partial charge in [-0.05, 0) is 36.8 Å². The Bertz CT molecular complexity index is 1010. The summed E-state index contributed by atoms with van der Waals surface area (Å²) in [5, 5.41) is 11.7. The Morgan fingerprint density at radius 1 is 1.21 bits per heavy atom. The number of hydrogen-bond donors (Lipinski definition) is 3. The van der Waals surface area contributed by atoms with Crippen molar-refractivity contribution in [2.45, 2.75) is 6.92 Å². The van der Waals surface area contributed by atoms with Crippen LogP contribution in [-0.2, 0) is 0 Å². The molecule has 0 radical (unpaired) electrons. The lowest BCUT2D eigenvalue weighted by Gasteiger charge is -2.08. The molecular formula is C17H13N5O2. The van der Waals surface area contributed by atoms with Crippen LogP contribution < -0.4 is 11.1 Å². The molecule has 0 spiro atoms. The summed E-state index contributed by atoms with van der Waals surface area (Å²) in [4.78, 5) is 31.0. The number of nitriles is 1. The number of H-pyrrole nitrogens is 1. The van der Waals surface area contributed by atoms with Crippen LogP contribution in [0.2, 0.25) is 0 Å². The van der Waals surface area contributed by atoms with Crippen LogP contribution in [0.1, 0.15) is 31.8 Å². The van der Waals surface area contributed by atoms with Crippen LogP contribution in [-0.4, -0.2) is 21.8 Å². The number of carbonyl (C=O) groups is 2. The van der Waals surface area contributed by atoms with E-state index >= 15 is 0 Å². The monoisotopic (exact) mass is 319 g/mol. The number of carbonyl (C=O) groups excluding carboxylic acids is 2. The van der Waals surface area contributed by atoms with Gasteiger partial charge in [-0.1, -0.05) is 12.1 Å². The number of nitrogens with two attached hydrogens (primary N) is 1. The summed E-state index contributed by atoms with van der Waals surface area (Å²) in [6, 6.07) is 11.9. The number of nitrogens with one attached hydrogen (secondary N) is 2. The lowest BCUT2D eigenvalue weighted by atomic mass is 10.0. The molecule has 0 saturated heterocycles. The molecule has 4 N–H and O–H groups in total. The third kappa shape index (κ3) is 2.57. The van der Waals surface area contributed by atoms with Crippen LogP contribution in [0.15, 0.2) is 36.4 Å². The molecule has 3 rings (SSSR count). The van der Waals surface area contributed by atoms with Gasteiger partial charge in [-0.15, -0.1) is 0 Å². The third-order valence-electron chi connectivity index (χ3n) is 3.71. The molecule has 24 heavy (non-hydrogen) atoms. The quantitative estimate of drug-likeness (QED) is 0.683. The van der Waals surface area contributed by atoms with Crippen molar-refractivity contribution in [3.8, 4) is 6.07 Å². The Labute approximate surface area is 137 Å². The molecule has 0 aliphatic heterocycles. The van der Waals surface area contributed by atoms with E-state index in [4.69, 9.17) is 11.0 Å². The number of benzene rings is 2. The summed E-state index contributed by atoms with van der Waals surface area (Å²) in [5.74, 6) is -0.792. The maximum absolute atomic E-state index is 12.5. The van der Waals surface area contributed by atoms with Crippen molar-refractivity contribution in [3.05, 3.63) is 58.7 Å². The number of fused-ring (bicyclic) bond motifs is 1. The average molecular weight is 319 g/mol. The largest absolute Gasteiger partial charge is 0.366 e. The number of aromatic nitrogens is 2. The summed E-state index contributed by atoms with van der Waals surface area (Å²) in [6.45, 7) is 1.65. The van der Waals surface area contributed by atoms with Crippen molar-refractivity contribution in [2.75, 3.05) is 5.32 Å². The van der Waals surface area contributed by atoms with Crippen molar-refractivity contribution in [1.82, 2.24) is 9.97 Å². The Balaban J connectivity index is 1.95. The van der Waals surface area contributed by atoms with Gasteiger partial charge in [-0.3, -0.25) is 14.9 Å². The SMILES string of the molecule is Cc1c(C(N)=O)cccc1C(=O)Nc1nc2c(C#N)cccc2[nH]1. The summed E-state index contributed by atoms with van der Waals surface area (Å²) in [5.41, 5.74) is 7.96. The number of para-hydroxylation sites is 1. The molecule has 3 aromatic rings. The Kier molecular flexibility index (Phi) is 3.72. The highest BCUT2D eigenvalue weighted by molar-refractivity contribution is 6.07. The van der Waals surface area contributed by atoms with E-state index in [-0.39, 0.29) is 5.95 Å². The van der Waals surface area contributed by atoms with Crippen molar-refractivity contribution in [1.29, 1.82) is 5.26 Å². The molecule has 0 aliphatic rings. The molecule has 0 saturated carbocycles. The highest BCUT2D eigenvalue weighted by atomic mass is 16.2. The zero-order chi connectivity index (χ0) is 17.3. The zero-order valence-corrected chi connectivity index (χ0v) is 12.8. The number of nitrogens with zero attached hydrogens (tertiary/aromatic N) is 2. The maximum Gasteiger partial charge on any atom is 0.258 e. The highest BCUT2D eigenvalue weighted by Crippen LogP contribution is 2.19. The van der Waals surface area contributed by atoms with E-state index in [2.05, 4.69) is 21.4 Å². The topological polar surface area (TPSA) is 125 Å². The van der Waals surface area contributed by atoms with Crippen LogP contribution >= 0.6 is 0 Å². The minimum Gasteiger partial charge on any atom is -0.366 e. The van der Waals surface area contributed by atoms with Crippen molar-refractivity contribution in [2.24, 2.45) is 5.73 Å². The van der Waals surface area contributed by atoms with Crippen molar-refractivity contribution >= 4 is 28.8 Å². The molecule has 0 unspecified atom stereocenters. The van der Waals surface area contributed by atoms with E-state index in [1.807, 2.05) is 0 Å². The molecule has 7 heteroatoms. The number of anilines is 1. The highest BCUT2D eigenvalue weighted by Gasteiger charge is 2.16. The Hall–Kier alpha value is -3.66. The fourth-order valence-corrected chi connectivity index (χ4v) is 2.51. The van der Waals surface area contributed by atoms with Gasteiger partial charge in [-0.25, -0.2) is 4.98 Å². The van der Waals surface area contributed by atoms with Gasteiger partial charge in [0, 0.05) is 11.1 Å². The normalized spacial score (nSPS) is 10.3. The summed E-state index contributed by atoms with van der Waals surface area (Å²) in [7, 11) is 0. The van der Waals surface area contributed by atoms with Gasteiger partial charge in [0.25, 0.3) is 5.91 Å². The van der Waals surface area contributed by atoms with Gasteiger partial charge in [0.2, 0.25) is 11.9 Å². The molecule has 2 aromatic carbocycles. The number of amides is 2. The van der Waals surface area contributed by atoms with E-state index in [1.165, 1.54) is 0 Å². The molecule has 0 fully saturated rings. The smallest absolute Gasteiger partial charge is 0.258 e.